The summed E-state index contributed by atoms with van der Waals surface area (Å²) < 4.78 is 11.2. The van der Waals surface area contributed by atoms with Crippen molar-refractivity contribution in [2.24, 2.45) is 0 Å². The lowest BCUT2D eigenvalue weighted by Crippen LogP contribution is -2.05. The SMILES string of the molecule is CCOC(=O)c1ccc(Oc2ccc(C3CCCCC3)cc2C2CC2)cc1. The molecule has 0 amide bonds. The number of esters is 1. The molecule has 0 bridgehead atoms. The van der Waals surface area contributed by atoms with Crippen molar-refractivity contribution in [2.75, 3.05) is 6.61 Å². The summed E-state index contributed by atoms with van der Waals surface area (Å²) in [6.07, 6.45) is 9.25. The topological polar surface area (TPSA) is 35.5 Å². The molecular formula is C24H28O3. The van der Waals surface area contributed by atoms with Crippen LogP contribution in [0.25, 0.3) is 0 Å². The van der Waals surface area contributed by atoms with Gasteiger partial charge in [-0.15, -0.1) is 0 Å². The number of hydrogen-bond acceptors (Lipinski definition) is 3. The second-order valence-corrected chi connectivity index (χ2v) is 7.75. The molecule has 2 aromatic rings. The van der Waals surface area contributed by atoms with Crippen molar-refractivity contribution >= 4 is 5.97 Å². The Morgan fingerprint density at radius 2 is 1.67 bits per heavy atom. The molecular weight excluding hydrogens is 336 g/mol. The molecule has 142 valence electrons. The zero-order valence-corrected chi connectivity index (χ0v) is 16.1. The van der Waals surface area contributed by atoms with Gasteiger partial charge in [-0.1, -0.05) is 31.4 Å². The first-order chi connectivity index (χ1) is 13.2. The Bertz CT molecular complexity index is 784. The fourth-order valence-electron chi connectivity index (χ4n) is 4.06. The molecule has 2 saturated carbocycles. The summed E-state index contributed by atoms with van der Waals surface area (Å²) >= 11 is 0. The largest absolute Gasteiger partial charge is 0.462 e. The highest BCUT2D eigenvalue weighted by atomic mass is 16.5. The lowest BCUT2D eigenvalue weighted by Gasteiger charge is -2.23. The lowest BCUT2D eigenvalue weighted by molar-refractivity contribution is 0.0526. The molecule has 0 N–H and O–H groups in total. The minimum absolute atomic E-state index is 0.292. The molecule has 2 aliphatic rings. The molecule has 3 heteroatoms. The monoisotopic (exact) mass is 364 g/mol. The average Bonchev–Trinajstić information content (AvgIpc) is 3.55. The van der Waals surface area contributed by atoms with Crippen LogP contribution in [0.3, 0.4) is 0 Å². The smallest absolute Gasteiger partial charge is 0.338 e. The molecule has 0 atom stereocenters. The van der Waals surface area contributed by atoms with Crippen molar-refractivity contribution in [2.45, 2.75) is 63.7 Å². The van der Waals surface area contributed by atoms with Gasteiger partial charge in [-0.2, -0.15) is 0 Å². The van der Waals surface area contributed by atoms with E-state index in [2.05, 4.69) is 18.2 Å². The van der Waals surface area contributed by atoms with Gasteiger partial charge in [0.1, 0.15) is 11.5 Å². The van der Waals surface area contributed by atoms with Gasteiger partial charge in [0.25, 0.3) is 0 Å². The third kappa shape index (κ3) is 4.35. The Morgan fingerprint density at radius 1 is 0.926 bits per heavy atom. The van der Waals surface area contributed by atoms with Crippen molar-refractivity contribution in [3.8, 4) is 11.5 Å². The third-order valence-electron chi connectivity index (χ3n) is 5.72. The number of carbonyl (C=O) groups is 1. The summed E-state index contributed by atoms with van der Waals surface area (Å²) in [5.74, 6) is 2.78. The summed E-state index contributed by atoms with van der Waals surface area (Å²) in [5.41, 5.74) is 3.40. The van der Waals surface area contributed by atoms with E-state index < -0.39 is 0 Å². The highest BCUT2D eigenvalue weighted by Crippen LogP contribution is 2.47. The maximum absolute atomic E-state index is 11.8. The first-order valence-electron chi connectivity index (χ1n) is 10.3. The Balaban J connectivity index is 1.52. The number of rotatable bonds is 6. The summed E-state index contributed by atoms with van der Waals surface area (Å²) in [6.45, 7) is 2.20. The number of ether oxygens (including phenoxy) is 2. The summed E-state index contributed by atoms with van der Waals surface area (Å²) in [6, 6.07) is 14.0. The molecule has 0 radical (unpaired) electrons. The quantitative estimate of drug-likeness (QED) is 0.543. The predicted octanol–water partition coefficient (Wildman–Crippen LogP) is 6.58. The van der Waals surface area contributed by atoms with Gasteiger partial charge in [0.15, 0.2) is 0 Å². The van der Waals surface area contributed by atoms with Gasteiger partial charge in [0.05, 0.1) is 12.2 Å². The van der Waals surface area contributed by atoms with E-state index in [9.17, 15) is 4.79 Å². The summed E-state index contributed by atoms with van der Waals surface area (Å²) in [7, 11) is 0. The van der Waals surface area contributed by atoms with E-state index in [4.69, 9.17) is 9.47 Å². The van der Waals surface area contributed by atoms with Crippen LogP contribution in [0, 0.1) is 0 Å². The van der Waals surface area contributed by atoms with Crippen molar-refractivity contribution in [3.63, 3.8) is 0 Å². The first-order valence-corrected chi connectivity index (χ1v) is 10.3. The first kappa shape index (κ1) is 18.1. The van der Waals surface area contributed by atoms with Crippen molar-refractivity contribution in [1.29, 1.82) is 0 Å². The molecule has 0 saturated heterocycles. The molecule has 0 aromatic heterocycles. The van der Waals surface area contributed by atoms with Crippen molar-refractivity contribution < 1.29 is 14.3 Å². The zero-order valence-electron chi connectivity index (χ0n) is 16.1. The summed E-state index contributed by atoms with van der Waals surface area (Å²) in [4.78, 5) is 11.8. The fraction of sp³-hybridized carbons (Fsp3) is 0.458. The Labute approximate surface area is 161 Å². The van der Waals surface area contributed by atoms with Crippen LogP contribution >= 0.6 is 0 Å². The van der Waals surface area contributed by atoms with Gasteiger partial charge in [-0.25, -0.2) is 4.79 Å². The summed E-state index contributed by atoms with van der Waals surface area (Å²) in [5, 5.41) is 0. The molecule has 27 heavy (non-hydrogen) atoms. The van der Waals surface area contributed by atoms with E-state index in [0.29, 0.717) is 24.0 Å². The molecule has 2 aromatic carbocycles. The van der Waals surface area contributed by atoms with Crippen LogP contribution in [-0.2, 0) is 4.74 Å². The minimum atomic E-state index is -0.292. The van der Waals surface area contributed by atoms with E-state index in [-0.39, 0.29) is 5.97 Å². The number of hydrogen-bond donors (Lipinski definition) is 0. The van der Waals surface area contributed by atoms with Crippen LogP contribution in [0.2, 0.25) is 0 Å². The van der Waals surface area contributed by atoms with Crippen LogP contribution in [0.4, 0.5) is 0 Å². The number of benzene rings is 2. The van der Waals surface area contributed by atoms with Gasteiger partial charge in [0.2, 0.25) is 0 Å². The van der Waals surface area contributed by atoms with E-state index >= 15 is 0 Å². The van der Waals surface area contributed by atoms with Crippen LogP contribution < -0.4 is 4.74 Å². The van der Waals surface area contributed by atoms with E-state index in [1.165, 1.54) is 56.1 Å². The molecule has 0 spiro atoms. The number of carbonyl (C=O) groups excluding carboxylic acids is 1. The van der Waals surface area contributed by atoms with Gasteiger partial charge in [-0.3, -0.25) is 0 Å². The van der Waals surface area contributed by atoms with Crippen LogP contribution in [-0.4, -0.2) is 12.6 Å². The van der Waals surface area contributed by atoms with Crippen molar-refractivity contribution in [3.05, 3.63) is 59.2 Å². The van der Waals surface area contributed by atoms with Crippen molar-refractivity contribution in [1.82, 2.24) is 0 Å². The Morgan fingerprint density at radius 3 is 2.33 bits per heavy atom. The molecule has 2 fully saturated rings. The average molecular weight is 364 g/mol. The second kappa shape index (κ2) is 8.16. The molecule has 3 nitrogen and oxygen atoms in total. The maximum Gasteiger partial charge on any atom is 0.338 e. The molecule has 0 aliphatic heterocycles. The zero-order chi connectivity index (χ0) is 18.6. The normalized spacial score (nSPS) is 17.5. The Hall–Kier alpha value is -2.29. The second-order valence-electron chi connectivity index (χ2n) is 7.75. The highest BCUT2D eigenvalue weighted by Gasteiger charge is 2.28. The molecule has 4 rings (SSSR count). The minimum Gasteiger partial charge on any atom is -0.462 e. The third-order valence-corrected chi connectivity index (χ3v) is 5.72. The van der Waals surface area contributed by atoms with Crippen LogP contribution in [0.5, 0.6) is 11.5 Å². The van der Waals surface area contributed by atoms with Gasteiger partial charge in [0, 0.05) is 0 Å². The van der Waals surface area contributed by atoms with Gasteiger partial charge < -0.3 is 9.47 Å². The van der Waals surface area contributed by atoms with Gasteiger partial charge in [-0.05, 0) is 85.9 Å². The fourth-order valence-corrected chi connectivity index (χ4v) is 4.06. The molecule has 0 unspecified atom stereocenters. The lowest BCUT2D eigenvalue weighted by atomic mass is 9.83. The van der Waals surface area contributed by atoms with Gasteiger partial charge >= 0.3 is 5.97 Å². The van der Waals surface area contributed by atoms with E-state index in [1.807, 2.05) is 19.1 Å². The molecule has 0 heterocycles. The maximum atomic E-state index is 11.8. The molecule has 2 aliphatic carbocycles. The Kier molecular flexibility index (Phi) is 5.47. The van der Waals surface area contributed by atoms with E-state index in [0.717, 1.165) is 11.5 Å². The van der Waals surface area contributed by atoms with E-state index in [1.54, 1.807) is 12.1 Å². The predicted molar refractivity (Wildman–Crippen MR) is 107 cm³/mol. The van der Waals surface area contributed by atoms with Crippen LogP contribution in [0.1, 0.15) is 85.2 Å². The standard InChI is InChI=1S/C24H28O3/c1-2-26-24(25)19-10-13-21(14-11-19)27-23-15-12-20(16-22(23)18-8-9-18)17-6-4-3-5-7-17/h10-18H,2-9H2,1H3. The van der Waals surface area contributed by atoms with Crippen LogP contribution in [0.15, 0.2) is 42.5 Å². The highest BCUT2D eigenvalue weighted by molar-refractivity contribution is 5.89.